The van der Waals surface area contributed by atoms with Gasteiger partial charge in [0.05, 0.1) is 5.02 Å². The van der Waals surface area contributed by atoms with Crippen molar-refractivity contribution in [3.63, 3.8) is 0 Å². The fourth-order valence-corrected chi connectivity index (χ4v) is 4.29. The number of aromatic amines is 1. The number of nitrogens with zero attached hydrogens (tertiary/aromatic N) is 2. The molecule has 0 saturated carbocycles. The van der Waals surface area contributed by atoms with Crippen LogP contribution >= 0.6 is 11.6 Å². The van der Waals surface area contributed by atoms with E-state index in [1.54, 1.807) is 0 Å². The molecule has 5 rings (SSSR count). The summed E-state index contributed by atoms with van der Waals surface area (Å²) in [6.07, 6.45) is 0.949. The van der Waals surface area contributed by atoms with Crippen LogP contribution < -0.4 is 9.47 Å². The number of hydrogen-bond donors (Lipinski definition) is 1. The maximum atomic E-state index is 6.68. The number of fused-ring (bicyclic) bond motifs is 1. The normalized spacial score (nSPS) is 13.5. The summed E-state index contributed by atoms with van der Waals surface area (Å²) in [5.41, 5.74) is 6.30. The zero-order valence-corrected chi connectivity index (χ0v) is 19.3. The van der Waals surface area contributed by atoms with E-state index < -0.39 is 0 Å². The molecule has 0 unspecified atom stereocenters. The summed E-state index contributed by atoms with van der Waals surface area (Å²) in [6, 6.07) is 24.0. The molecule has 5 nitrogen and oxygen atoms in total. The van der Waals surface area contributed by atoms with E-state index >= 15 is 0 Å². The molecule has 0 amide bonds. The van der Waals surface area contributed by atoms with Crippen LogP contribution in [0.15, 0.2) is 72.8 Å². The van der Waals surface area contributed by atoms with Crippen molar-refractivity contribution in [1.29, 1.82) is 0 Å². The minimum Gasteiger partial charge on any atom is -0.488 e. The fourth-order valence-electron chi connectivity index (χ4n) is 4.07. The minimum absolute atomic E-state index is 0.431. The molecular formula is C27H26ClN3O2. The third-order valence-corrected chi connectivity index (χ3v) is 6.18. The molecule has 1 aliphatic rings. The molecule has 1 aliphatic heterocycles. The van der Waals surface area contributed by atoms with Crippen LogP contribution in [0.4, 0.5) is 0 Å². The van der Waals surface area contributed by atoms with Crippen LogP contribution in [0.1, 0.15) is 22.4 Å². The number of ether oxygens (including phenoxy) is 2. The average molecular weight is 460 g/mol. The molecule has 0 saturated heterocycles. The van der Waals surface area contributed by atoms with Gasteiger partial charge in [-0.15, -0.1) is 0 Å². The van der Waals surface area contributed by atoms with E-state index in [9.17, 15) is 0 Å². The Morgan fingerprint density at radius 1 is 0.909 bits per heavy atom. The predicted molar refractivity (Wildman–Crippen MR) is 131 cm³/mol. The van der Waals surface area contributed by atoms with E-state index in [0.717, 1.165) is 41.9 Å². The topological polar surface area (TPSA) is 50.4 Å². The van der Waals surface area contributed by atoms with Crippen LogP contribution in [0.3, 0.4) is 0 Å². The standard InChI is InChI=1S/C27H26ClN3O2/c1-31-13-12-24-22(16-31)27(30-29-24)21-14-23(28)26(33-18-20-10-6-3-7-11-20)15-25(21)32-17-19-8-4-2-5-9-19/h2-11,14-15H,12-13,16-18H2,1H3,(H,29,30). The van der Waals surface area contributed by atoms with E-state index in [0.29, 0.717) is 29.7 Å². The molecule has 4 aromatic rings. The van der Waals surface area contributed by atoms with Crippen molar-refractivity contribution in [2.45, 2.75) is 26.2 Å². The number of nitrogens with one attached hydrogen (secondary N) is 1. The first-order valence-electron chi connectivity index (χ1n) is 11.1. The van der Waals surface area contributed by atoms with Crippen molar-refractivity contribution in [3.8, 4) is 22.8 Å². The van der Waals surface area contributed by atoms with Gasteiger partial charge in [0.1, 0.15) is 30.4 Å². The van der Waals surface area contributed by atoms with Gasteiger partial charge in [-0.1, -0.05) is 72.3 Å². The Bertz CT molecular complexity index is 1230. The highest BCUT2D eigenvalue weighted by Gasteiger charge is 2.24. The van der Waals surface area contributed by atoms with E-state index in [4.69, 9.17) is 21.1 Å². The third kappa shape index (κ3) is 4.90. The first-order chi connectivity index (χ1) is 16.2. The van der Waals surface area contributed by atoms with E-state index in [1.807, 2.05) is 72.8 Å². The highest BCUT2D eigenvalue weighted by molar-refractivity contribution is 6.32. The molecule has 0 radical (unpaired) electrons. The Hall–Kier alpha value is -3.28. The molecule has 168 valence electrons. The molecule has 33 heavy (non-hydrogen) atoms. The number of halogens is 1. The molecule has 0 spiro atoms. The summed E-state index contributed by atoms with van der Waals surface area (Å²) in [4.78, 5) is 2.30. The number of rotatable bonds is 7. The summed E-state index contributed by atoms with van der Waals surface area (Å²) < 4.78 is 12.4. The molecule has 1 N–H and O–H groups in total. The third-order valence-electron chi connectivity index (χ3n) is 5.89. The quantitative estimate of drug-likeness (QED) is 0.375. The van der Waals surface area contributed by atoms with E-state index in [2.05, 4.69) is 22.1 Å². The molecule has 6 heteroatoms. The van der Waals surface area contributed by atoms with Crippen LogP contribution in [0, 0.1) is 0 Å². The smallest absolute Gasteiger partial charge is 0.142 e. The van der Waals surface area contributed by atoms with Gasteiger partial charge < -0.3 is 14.4 Å². The Balaban J connectivity index is 1.49. The predicted octanol–water partition coefficient (Wildman–Crippen LogP) is 5.88. The minimum atomic E-state index is 0.431. The molecule has 2 heterocycles. The van der Waals surface area contributed by atoms with Crippen molar-refractivity contribution in [3.05, 3.63) is 100 Å². The SMILES string of the molecule is CN1CCc2[nH]nc(-c3cc(Cl)c(OCc4ccccc4)cc3OCc3ccccc3)c2C1. The van der Waals surface area contributed by atoms with Crippen molar-refractivity contribution in [2.24, 2.45) is 0 Å². The maximum Gasteiger partial charge on any atom is 0.142 e. The monoisotopic (exact) mass is 459 g/mol. The lowest BCUT2D eigenvalue weighted by Gasteiger charge is -2.23. The molecule has 0 aliphatic carbocycles. The van der Waals surface area contributed by atoms with Crippen LogP contribution in [-0.2, 0) is 26.2 Å². The summed E-state index contributed by atoms with van der Waals surface area (Å²) in [5.74, 6) is 1.29. The van der Waals surface area contributed by atoms with Gasteiger partial charge in [0, 0.05) is 42.4 Å². The Kier molecular flexibility index (Phi) is 6.33. The maximum absolute atomic E-state index is 6.68. The summed E-state index contributed by atoms with van der Waals surface area (Å²) in [6.45, 7) is 2.73. The molecular weight excluding hydrogens is 434 g/mol. The van der Waals surface area contributed by atoms with Gasteiger partial charge in [-0.2, -0.15) is 5.10 Å². The number of likely N-dealkylation sites (N-methyl/N-ethyl adjacent to an activating group) is 1. The fraction of sp³-hybridized carbons (Fsp3) is 0.222. The van der Waals surface area contributed by atoms with Crippen molar-refractivity contribution in [2.75, 3.05) is 13.6 Å². The largest absolute Gasteiger partial charge is 0.488 e. The highest BCUT2D eigenvalue weighted by atomic mass is 35.5. The van der Waals surface area contributed by atoms with Gasteiger partial charge in [-0.3, -0.25) is 5.10 Å². The second-order valence-corrected chi connectivity index (χ2v) is 8.75. The average Bonchev–Trinajstić information content (AvgIpc) is 3.26. The lowest BCUT2D eigenvalue weighted by atomic mass is 10.0. The van der Waals surface area contributed by atoms with Crippen molar-refractivity contribution < 1.29 is 9.47 Å². The number of benzene rings is 3. The van der Waals surface area contributed by atoms with Crippen LogP contribution in [0.5, 0.6) is 11.5 Å². The zero-order valence-electron chi connectivity index (χ0n) is 18.6. The molecule has 0 bridgehead atoms. The van der Waals surface area contributed by atoms with Gasteiger partial charge in [0.25, 0.3) is 0 Å². The summed E-state index contributed by atoms with van der Waals surface area (Å²) >= 11 is 6.68. The zero-order chi connectivity index (χ0) is 22.6. The lowest BCUT2D eigenvalue weighted by Crippen LogP contribution is -2.26. The molecule has 0 atom stereocenters. The Labute approximate surface area is 198 Å². The summed E-state index contributed by atoms with van der Waals surface area (Å²) in [5, 5.41) is 8.41. The van der Waals surface area contributed by atoms with Gasteiger partial charge in [-0.25, -0.2) is 0 Å². The Morgan fingerprint density at radius 3 is 2.21 bits per heavy atom. The molecule has 1 aromatic heterocycles. The van der Waals surface area contributed by atoms with Gasteiger partial charge in [-0.05, 0) is 24.2 Å². The molecule has 0 fully saturated rings. The van der Waals surface area contributed by atoms with Crippen LogP contribution in [-0.4, -0.2) is 28.7 Å². The van der Waals surface area contributed by atoms with Crippen molar-refractivity contribution >= 4 is 11.6 Å². The first kappa shape index (κ1) is 21.6. The molecule has 3 aromatic carbocycles. The van der Waals surface area contributed by atoms with E-state index in [-0.39, 0.29) is 0 Å². The lowest BCUT2D eigenvalue weighted by molar-refractivity contribution is 0.290. The van der Waals surface area contributed by atoms with Crippen LogP contribution in [0.25, 0.3) is 11.3 Å². The number of H-pyrrole nitrogens is 1. The number of hydrogen-bond acceptors (Lipinski definition) is 4. The number of aromatic nitrogens is 2. The second-order valence-electron chi connectivity index (χ2n) is 8.34. The van der Waals surface area contributed by atoms with Crippen molar-refractivity contribution in [1.82, 2.24) is 15.1 Å². The van der Waals surface area contributed by atoms with Crippen LogP contribution in [0.2, 0.25) is 5.02 Å². The van der Waals surface area contributed by atoms with E-state index in [1.165, 1.54) is 11.3 Å². The first-order valence-corrected chi connectivity index (χ1v) is 11.5. The Morgan fingerprint density at radius 2 is 1.55 bits per heavy atom. The van der Waals surface area contributed by atoms with Gasteiger partial charge >= 0.3 is 0 Å². The van der Waals surface area contributed by atoms with Gasteiger partial charge in [0.2, 0.25) is 0 Å². The summed E-state index contributed by atoms with van der Waals surface area (Å²) in [7, 11) is 2.13. The van der Waals surface area contributed by atoms with Gasteiger partial charge in [0.15, 0.2) is 0 Å². The highest BCUT2D eigenvalue weighted by Crippen LogP contribution is 2.41. The second kappa shape index (κ2) is 9.69.